The maximum Gasteiger partial charge on any atom is 0.135 e. The van der Waals surface area contributed by atoms with Gasteiger partial charge in [-0.3, -0.25) is 0 Å². The topological polar surface area (TPSA) is 16.4 Å². The summed E-state index contributed by atoms with van der Waals surface area (Å²) in [6.07, 6.45) is 0. The molecule has 0 saturated heterocycles. The Balaban J connectivity index is 1.27. The molecule has 2 heteroatoms. The molecule has 0 aliphatic rings. The van der Waals surface area contributed by atoms with Crippen molar-refractivity contribution in [3.63, 3.8) is 0 Å². The van der Waals surface area contributed by atoms with Gasteiger partial charge in [-0.05, 0) is 69.2 Å². The van der Waals surface area contributed by atoms with Gasteiger partial charge in [-0.15, -0.1) is 0 Å². The van der Waals surface area contributed by atoms with E-state index >= 15 is 0 Å². The minimum atomic E-state index is 0.853. The fourth-order valence-corrected chi connectivity index (χ4v) is 6.94. The van der Waals surface area contributed by atoms with Crippen LogP contribution in [0.15, 0.2) is 192 Å². The van der Waals surface area contributed by atoms with Gasteiger partial charge in [-0.1, -0.05) is 152 Å². The number of para-hydroxylation sites is 2. The Morgan fingerprint density at radius 2 is 0.979 bits per heavy atom. The van der Waals surface area contributed by atoms with Crippen molar-refractivity contribution >= 4 is 49.6 Å². The first kappa shape index (κ1) is 27.9. The fraction of sp³-hybridized carbons (Fsp3) is 0. The third-order valence-electron chi connectivity index (χ3n) is 9.25. The number of fused-ring (bicyclic) bond motifs is 4. The molecule has 0 saturated carbocycles. The lowest BCUT2D eigenvalue weighted by molar-refractivity contribution is 0.631. The molecule has 48 heavy (non-hydrogen) atoms. The zero-order valence-electron chi connectivity index (χ0n) is 26.3. The number of nitrogens with zero attached hydrogens (tertiary/aromatic N) is 1. The molecule has 2 nitrogen and oxygen atoms in total. The van der Waals surface area contributed by atoms with Crippen molar-refractivity contribution in [3.8, 4) is 33.6 Å². The van der Waals surface area contributed by atoms with Crippen LogP contribution in [0, 0.1) is 0 Å². The average molecular weight is 614 g/mol. The summed E-state index contributed by atoms with van der Waals surface area (Å²) in [5.41, 5.74) is 9.94. The second kappa shape index (κ2) is 11.8. The number of hydrogen-bond donors (Lipinski definition) is 0. The van der Waals surface area contributed by atoms with Crippen LogP contribution in [0.2, 0.25) is 0 Å². The van der Waals surface area contributed by atoms with Crippen molar-refractivity contribution in [2.75, 3.05) is 4.90 Å². The zero-order valence-corrected chi connectivity index (χ0v) is 26.3. The van der Waals surface area contributed by atoms with Crippen molar-refractivity contribution < 1.29 is 4.42 Å². The third kappa shape index (κ3) is 4.92. The van der Waals surface area contributed by atoms with E-state index in [0.717, 1.165) is 50.5 Å². The first-order chi connectivity index (χ1) is 23.8. The van der Waals surface area contributed by atoms with E-state index in [4.69, 9.17) is 4.42 Å². The molecule has 0 atom stereocenters. The number of rotatable bonds is 6. The summed E-state index contributed by atoms with van der Waals surface area (Å²) in [5.74, 6) is 0.853. The Morgan fingerprint density at radius 3 is 1.81 bits per heavy atom. The Labute approximate surface area is 279 Å². The highest BCUT2D eigenvalue weighted by Crippen LogP contribution is 2.46. The quantitative estimate of drug-likeness (QED) is 0.174. The summed E-state index contributed by atoms with van der Waals surface area (Å²) in [6, 6.07) is 67.0. The molecule has 9 aromatic rings. The van der Waals surface area contributed by atoms with Gasteiger partial charge in [0.25, 0.3) is 0 Å². The van der Waals surface area contributed by atoms with E-state index in [0.29, 0.717) is 0 Å². The van der Waals surface area contributed by atoms with Crippen LogP contribution in [-0.2, 0) is 0 Å². The molecule has 9 rings (SSSR count). The van der Waals surface area contributed by atoms with Crippen LogP contribution in [0.25, 0.3) is 66.1 Å². The van der Waals surface area contributed by atoms with Crippen molar-refractivity contribution in [1.82, 2.24) is 0 Å². The van der Waals surface area contributed by atoms with E-state index in [1.807, 2.05) is 18.2 Å². The van der Waals surface area contributed by atoms with E-state index in [-0.39, 0.29) is 0 Å². The molecule has 0 N–H and O–H groups in total. The minimum Gasteiger partial charge on any atom is -0.456 e. The van der Waals surface area contributed by atoms with Crippen molar-refractivity contribution in [2.24, 2.45) is 0 Å². The molecule has 0 aliphatic carbocycles. The summed E-state index contributed by atoms with van der Waals surface area (Å²) >= 11 is 0. The van der Waals surface area contributed by atoms with E-state index in [9.17, 15) is 0 Å². The summed E-state index contributed by atoms with van der Waals surface area (Å²) in [7, 11) is 0. The van der Waals surface area contributed by atoms with Gasteiger partial charge < -0.3 is 9.32 Å². The highest BCUT2D eigenvalue weighted by atomic mass is 16.3. The molecule has 226 valence electrons. The molecule has 1 aromatic heterocycles. The van der Waals surface area contributed by atoms with Crippen LogP contribution in [0.4, 0.5) is 17.1 Å². The summed E-state index contributed by atoms with van der Waals surface area (Å²) in [6.45, 7) is 0. The first-order valence-corrected chi connectivity index (χ1v) is 16.3. The van der Waals surface area contributed by atoms with Crippen molar-refractivity contribution in [1.29, 1.82) is 0 Å². The maximum absolute atomic E-state index is 6.35. The molecule has 0 spiro atoms. The number of benzene rings is 8. The molecular weight excluding hydrogens is 583 g/mol. The smallest absolute Gasteiger partial charge is 0.135 e. The molecule has 0 aliphatic heterocycles. The predicted octanol–water partition coefficient (Wildman–Crippen LogP) is 13.2. The molecule has 0 radical (unpaired) electrons. The lowest BCUT2D eigenvalue weighted by Crippen LogP contribution is -2.12. The lowest BCUT2D eigenvalue weighted by Gasteiger charge is -2.30. The fourth-order valence-electron chi connectivity index (χ4n) is 6.94. The van der Waals surface area contributed by atoms with Gasteiger partial charge in [0.2, 0.25) is 0 Å². The third-order valence-corrected chi connectivity index (χ3v) is 9.25. The SMILES string of the molecule is c1ccc(-c2ccc(-c3ccccc3N(c3cccc(-c4cc5ccccc5o4)c3)c3cc4ccccc4c4ccccc34)cc2)cc1. The second-order valence-corrected chi connectivity index (χ2v) is 12.2. The average Bonchev–Trinajstić information content (AvgIpc) is 3.61. The van der Waals surface area contributed by atoms with E-state index in [1.54, 1.807) is 0 Å². The largest absolute Gasteiger partial charge is 0.456 e. The van der Waals surface area contributed by atoms with Gasteiger partial charge in [0.1, 0.15) is 11.3 Å². The van der Waals surface area contributed by atoms with Crippen molar-refractivity contribution in [2.45, 2.75) is 0 Å². The van der Waals surface area contributed by atoms with Crippen LogP contribution in [0.3, 0.4) is 0 Å². The van der Waals surface area contributed by atoms with Gasteiger partial charge in [0.15, 0.2) is 0 Å². The van der Waals surface area contributed by atoms with Gasteiger partial charge >= 0.3 is 0 Å². The molecule has 0 fully saturated rings. The van der Waals surface area contributed by atoms with E-state index < -0.39 is 0 Å². The highest BCUT2D eigenvalue weighted by molar-refractivity contribution is 6.15. The molecule has 1 heterocycles. The van der Waals surface area contributed by atoms with Crippen LogP contribution in [0.1, 0.15) is 0 Å². The van der Waals surface area contributed by atoms with Crippen molar-refractivity contribution in [3.05, 3.63) is 188 Å². The lowest BCUT2D eigenvalue weighted by atomic mass is 9.96. The highest BCUT2D eigenvalue weighted by Gasteiger charge is 2.21. The van der Waals surface area contributed by atoms with Gasteiger partial charge in [-0.2, -0.15) is 0 Å². The molecular formula is C46H31NO. The standard InChI is InChI=1S/C46H31NO/c1-2-13-32(14-3-1)33-25-27-34(28-26-33)40-20-9-10-23-43(40)47(44-30-35-15-4-6-19-39(35)41-21-7-8-22-42(41)44)38-18-12-17-36(29-38)46-31-37-16-5-11-24-45(37)48-46/h1-31H. The Morgan fingerprint density at radius 1 is 0.354 bits per heavy atom. The van der Waals surface area contributed by atoms with Crippen LogP contribution in [0.5, 0.6) is 0 Å². The summed E-state index contributed by atoms with van der Waals surface area (Å²) < 4.78 is 6.35. The normalized spacial score (nSPS) is 11.3. The maximum atomic E-state index is 6.35. The Hall–Kier alpha value is -6.38. The van der Waals surface area contributed by atoms with E-state index in [1.165, 1.54) is 32.7 Å². The zero-order chi connectivity index (χ0) is 31.9. The monoisotopic (exact) mass is 613 g/mol. The van der Waals surface area contributed by atoms with Gasteiger partial charge in [-0.25, -0.2) is 0 Å². The predicted molar refractivity (Wildman–Crippen MR) is 202 cm³/mol. The van der Waals surface area contributed by atoms with Gasteiger partial charge in [0.05, 0.1) is 11.4 Å². The Kier molecular flexibility index (Phi) is 6.84. The second-order valence-electron chi connectivity index (χ2n) is 12.2. The molecule has 8 aromatic carbocycles. The number of hydrogen-bond acceptors (Lipinski definition) is 2. The first-order valence-electron chi connectivity index (χ1n) is 16.3. The molecule has 0 amide bonds. The van der Waals surface area contributed by atoms with Crippen LogP contribution in [-0.4, -0.2) is 0 Å². The molecule has 0 bridgehead atoms. The summed E-state index contributed by atoms with van der Waals surface area (Å²) in [5, 5.41) is 5.97. The Bertz CT molecular complexity index is 2530. The van der Waals surface area contributed by atoms with Crippen LogP contribution < -0.4 is 4.90 Å². The number of anilines is 3. The number of furan rings is 1. The molecule has 0 unspecified atom stereocenters. The summed E-state index contributed by atoms with van der Waals surface area (Å²) in [4.78, 5) is 2.42. The van der Waals surface area contributed by atoms with E-state index in [2.05, 4.69) is 175 Å². The van der Waals surface area contributed by atoms with Crippen LogP contribution >= 0.6 is 0 Å². The van der Waals surface area contributed by atoms with Gasteiger partial charge in [0, 0.05) is 27.6 Å². The minimum absolute atomic E-state index is 0.853.